The Morgan fingerprint density at radius 2 is 1.90 bits per heavy atom. The highest BCUT2D eigenvalue weighted by Gasteiger charge is 2.20. The van der Waals surface area contributed by atoms with Crippen molar-refractivity contribution in [2.24, 2.45) is 0 Å². The van der Waals surface area contributed by atoms with Crippen LogP contribution in [-0.2, 0) is 14.8 Å². The Labute approximate surface area is 173 Å². The summed E-state index contributed by atoms with van der Waals surface area (Å²) in [6.07, 6.45) is 1.35. The molecule has 3 rings (SSSR count). The third-order valence-corrected chi connectivity index (χ3v) is 6.28. The van der Waals surface area contributed by atoms with E-state index in [9.17, 15) is 13.2 Å². The van der Waals surface area contributed by atoms with E-state index in [4.69, 9.17) is 4.74 Å². The van der Waals surface area contributed by atoms with Gasteiger partial charge in [0, 0.05) is 17.3 Å². The fourth-order valence-corrected chi connectivity index (χ4v) is 4.34. The molecule has 9 heteroatoms. The molecule has 7 nitrogen and oxygen atoms in total. The topological polar surface area (TPSA) is 97.4 Å². The molecule has 2 N–H and O–H groups in total. The second-order valence-electron chi connectivity index (χ2n) is 6.24. The van der Waals surface area contributed by atoms with E-state index in [2.05, 4.69) is 15.0 Å². The van der Waals surface area contributed by atoms with Crippen LogP contribution in [0.15, 0.2) is 65.0 Å². The van der Waals surface area contributed by atoms with Gasteiger partial charge in [0.1, 0.15) is 5.75 Å². The Kier molecular flexibility index (Phi) is 6.50. The maximum absolute atomic E-state index is 12.6. The molecular weight excluding hydrogens is 410 g/mol. The molecule has 1 aromatic heterocycles. The van der Waals surface area contributed by atoms with E-state index in [1.54, 1.807) is 5.38 Å². The lowest BCUT2D eigenvalue weighted by atomic mass is 10.2. The molecule has 0 aliphatic rings. The van der Waals surface area contributed by atoms with E-state index in [-0.39, 0.29) is 10.8 Å². The summed E-state index contributed by atoms with van der Waals surface area (Å²) >= 11 is 1.19. The van der Waals surface area contributed by atoms with Gasteiger partial charge in [0.15, 0.2) is 11.2 Å². The first kappa shape index (κ1) is 20.8. The number of ether oxygens (including phenoxy) is 1. The molecule has 0 saturated heterocycles. The van der Waals surface area contributed by atoms with Crippen LogP contribution in [0.3, 0.4) is 0 Å². The first-order chi connectivity index (χ1) is 13.9. The molecule has 3 aromatic rings. The average Bonchev–Trinajstić information content (AvgIpc) is 3.20. The van der Waals surface area contributed by atoms with Gasteiger partial charge in [0.25, 0.3) is 15.9 Å². The zero-order valence-electron chi connectivity index (χ0n) is 16.0. The predicted molar refractivity (Wildman–Crippen MR) is 114 cm³/mol. The van der Waals surface area contributed by atoms with Crippen LogP contribution < -0.4 is 14.8 Å². The molecule has 0 bridgehead atoms. The van der Waals surface area contributed by atoms with Crippen LogP contribution in [0.25, 0.3) is 0 Å². The average molecular weight is 432 g/mol. The molecule has 0 fully saturated rings. The van der Waals surface area contributed by atoms with Gasteiger partial charge in [0.05, 0.1) is 4.90 Å². The monoisotopic (exact) mass is 431 g/mol. The van der Waals surface area contributed by atoms with E-state index >= 15 is 0 Å². The van der Waals surface area contributed by atoms with Crippen molar-refractivity contribution in [2.45, 2.75) is 31.3 Å². The molecule has 1 heterocycles. The SMILES string of the molecule is CC[C@@H](Oc1ccccc1C)C(=O)Nc1ccc(S(=O)(=O)Nc2nccs2)cc1. The summed E-state index contributed by atoms with van der Waals surface area (Å²) in [5.74, 6) is 0.358. The largest absolute Gasteiger partial charge is 0.480 e. The van der Waals surface area contributed by atoms with Gasteiger partial charge in [-0.15, -0.1) is 11.3 Å². The summed E-state index contributed by atoms with van der Waals surface area (Å²) in [6.45, 7) is 3.78. The quantitative estimate of drug-likeness (QED) is 0.561. The van der Waals surface area contributed by atoms with Crippen LogP contribution in [-0.4, -0.2) is 25.4 Å². The zero-order valence-corrected chi connectivity index (χ0v) is 17.6. The van der Waals surface area contributed by atoms with Gasteiger partial charge in [-0.05, 0) is 49.2 Å². The first-order valence-corrected chi connectivity index (χ1v) is 11.3. The van der Waals surface area contributed by atoms with Crippen LogP contribution in [0.1, 0.15) is 18.9 Å². The Bertz CT molecular complexity index is 1070. The fourth-order valence-electron chi connectivity index (χ4n) is 2.55. The summed E-state index contributed by atoms with van der Waals surface area (Å²) in [4.78, 5) is 16.6. The molecule has 1 amide bonds. The van der Waals surface area contributed by atoms with Crippen molar-refractivity contribution in [3.05, 3.63) is 65.7 Å². The van der Waals surface area contributed by atoms with Crippen molar-refractivity contribution in [1.82, 2.24) is 4.98 Å². The van der Waals surface area contributed by atoms with Crippen molar-refractivity contribution in [2.75, 3.05) is 10.0 Å². The lowest BCUT2D eigenvalue weighted by Crippen LogP contribution is -2.32. The Balaban J connectivity index is 1.66. The molecule has 0 saturated carbocycles. The van der Waals surface area contributed by atoms with Gasteiger partial charge in [-0.25, -0.2) is 13.4 Å². The molecule has 29 heavy (non-hydrogen) atoms. The number of hydrogen-bond acceptors (Lipinski definition) is 6. The van der Waals surface area contributed by atoms with Crippen molar-refractivity contribution >= 4 is 38.1 Å². The molecule has 1 atom stereocenters. The molecule has 0 radical (unpaired) electrons. The molecular formula is C20H21N3O4S2. The molecule has 0 spiro atoms. The number of sulfonamides is 1. The van der Waals surface area contributed by atoms with Crippen LogP contribution >= 0.6 is 11.3 Å². The van der Waals surface area contributed by atoms with Gasteiger partial charge in [-0.2, -0.15) is 0 Å². The summed E-state index contributed by atoms with van der Waals surface area (Å²) in [6, 6.07) is 13.4. The number of hydrogen-bond donors (Lipinski definition) is 2. The summed E-state index contributed by atoms with van der Waals surface area (Å²) in [7, 11) is -3.73. The van der Waals surface area contributed by atoms with Gasteiger partial charge >= 0.3 is 0 Å². The number of rotatable bonds is 8. The van der Waals surface area contributed by atoms with E-state index in [0.717, 1.165) is 5.56 Å². The third-order valence-electron chi connectivity index (χ3n) is 4.11. The van der Waals surface area contributed by atoms with E-state index in [1.807, 2.05) is 38.1 Å². The number of thiazole rings is 1. The van der Waals surface area contributed by atoms with Gasteiger partial charge in [-0.3, -0.25) is 9.52 Å². The standard InChI is InChI=1S/C20H21N3O4S2/c1-3-17(27-18-7-5-4-6-14(18)2)19(24)22-15-8-10-16(11-9-15)29(25,26)23-20-21-12-13-28-20/h4-13,17H,3H2,1-2H3,(H,21,23)(H,22,24)/t17-/m1/s1. The fraction of sp³-hybridized carbons (Fsp3) is 0.200. The number of nitrogens with one attached hydrogen (secondary N) is 2. The summed E-state index contributed by atoms with van der Waals surface area (Å²) < 4.78 is 33.0. The minimum Gasteiger partial charge on any atom is -0.480 e. The number of para-hydroxylation sites is 1. The lowest BCUT2D eigenvalue weighted by molar-refractivity contribution is -0.122. The van der Waals surface area contributed by atoms with Crippen LogP contribution in [0.5, 0.6) is 5.75 Å². The van der Waals surface area contributed by atoms with Crippen LogP contribution in [0, 0.1) is 6.92 Å². The molecule has 152 valence electrons. The van der Waals surface area contributed by atoms with Crippen molar-refractivity contribution < 1.29 is 17.9 Å². The zero-order chi connectivity index (χ0) is 20.9. The Hall–Kier alpha value is -2.91. The first-order valence-electron chi connectivity index (χ1n) is 8.94. The van der Waals surface area contributed by atoms with E-state index < -0.39 is 16.1 Å². The number of amides is 1. The normalized spacial score (nSPS) is 12.2. The maximum atomic E-state index is 12.6. The number of aryl methyl sites for hydroxylation is 1. The van der Waals surface area contributed by atoms with Crippen LogP contribution in [0.2, 0.25) is 0 Å². The van der Waals surface area contributed by atoms with Crippen LogP contribution in [0.4, 0.5) is 10.8 Å². The van der Waals surface area contributed by atoms with Crippen molar-refractivity contribution in [3.8, 4) is 5.75 Å². The van der Waals surface area contributed by atoms with Crippen molar-refractivity contribution in [1.29, 1.82) is 0 Å². The second-order valence-corrected chi connectivity index (χ2v) is 8.81. The lowest BCUT2D eigenvalue weighted by Gasteiger charge is -2.18. The minimum absolute atomic E-state index is 0.0777. The molecule has 2 aromatic carbocycles. The van der Waals surface area contributed by atoms with Gasteiger partial charge in [0.2, 0.25) is 0 Å². The number of benzene rings is 2. The highest BCUT2D eigenvalue weighted by molar-refractivity contribution is 7.93. The number of nitrogens with zero attached hydrogens (tertiary/aromatic N) is 1. The maximum Gasteiger partial charge on any atom is 0.265 e. The second kappa shape index (κ2) is 9.06. The van der Waals surface area contributed by atoms with Crippen molar-refractivity contribution in [3.63, 3.8) is 0 Å². The molecule has 0 unspecified atom stereocenters. The molecule has 0 aliphatic carbocycles. The van der Waals surface area contributed by atoms with Gasteiger partial charge < -0.3 is 10.1 Å². The number of carbonyl (C=O) groups is 1. The Morgan fingerprint density at radius 3 is 2.52 bits per heavy atom. The number of anilines is 2. The highest BCUT2D eigenvalue weighted by Crippen LogP contribution is 2.21. The number of carbonyl (C=O) groups excluding carboxylic acids is 1. The third kappa shape index (κ3) is 5.33. The highest BCUT2D eigenvalue weighted by atomic mass is 32.2. The summed E-state index contributed by atoms with van der Waals surface area (Å²) in [5.41, 5.74) is 1.43. The smallest absolute Gasteiger partial charge is 0.265 e. The summed E-state index contributed by atoms with van der Waals surface area (Å²) in [5, 5.41) is 4.74. The number of aromatic nitrogens is 1. The van der Waals surface area contributed by atoms with Gasteiger partial charge in [-0.1, -0.05) is 25.1 Å². The molecule has 0 aliphatic heterocycles. The van der Waals surface area contributed by atoms with E-state index in [1.165, 1.54) is 41.8 Å². The Morgan fingerprint density at radius 1 is 1.17 bits per heavy atom. The van der Waals surface area contributed by atoms with E-state index in [0.29, 0.717) is 23.0 Å². The predicted octanol–water partition coefficient (Wildman–Crippen LogP) is 4.05. The minimum atomic E-state index is -3.73.